The molecule has 0 aliphatic heterocycles. The molecule has 0 fully saturated rings. The minimum absolute atomic E-state index is 0.103. The van der Waals surface area contributed by atoms with Gasteiger partial charge in [-0.25, -0.2) is 13.1 Å². The summed E-state index contributed by atoms with van der Waals surface area (Å²) < 4.78 is 26.9. The average molecular weight is 355 g/mol. The third-order valence-corrected chi connectivity index (χ3v) is 5.15. The molecule has 0 spiro atoms. The van der Waals surface area contributed by atoms with Crippen molar-refractivity contribution in [2.45, 2.75) is 18.2 Å². The van der Waals surface area contributed by atoms with Crippen molar-refractivity contribution in [1.82, 2.24) is 4.72 Å². The van der Waals surface area contributed by atoms with E-state index in [1.807, 2.05) is 31.2 Å². The molecule has 0 heterocycles. The minimum Gasteiger partial charge on any atom is -0.258 e. The smallest absolute Gasteiger partial charge is 0.258 e. The molecule has 2 rings (SSSR count). The second kappa shape index (κ2) is 7.08. The molecule has 122 valence electrons. The molecule has 0 saturated carbocycles. The van der Waals surface area contributed by atoms with Gasteiger partial charge in [-0.05, 0) is 36.6 Å². The number of hydrogen-bond donors (Lipinski definition) is 1. The molecule has 1 N–H and O–H groups in total. The van der Waals surface area contributed by atoms with Crippen molar-refractivity contribution in [3.63, 3.8) is 0 Å². The van der Waals surface area contributed by atoms with E-state index in [0.717, 1.165) is 17.2 Å². The van der Waals surface area contributed by atoms with Crippen molar-refractivity contribution < 1.29 is 13.3 Å². The Morgan fingerprint density at radius 1 is 1.22 bits per heavy atom. The van der Waals surface area contributed by atoms with Crippen molar-refractivity contribution in [3.05, 3.63) is 68.7 Å². The summed E-state index contributed by atoms with van der Waals surface area (Å²) in [6.07, 6.45) is 0.529. The standard InChI is InChI=1S/C15H15ClN2O4S/c1-11-4-2-3-5-12(11)8-9-17-23(21,22)13-6-7-14(16)15(10-13)18(19)20/h2-7,10,17H,8-9H2,1H3. The molecule has 0 atom stereocenters. The third-order valence-electron chi connectivity index (χ3n) is 3.37. The van der Waals surface area contributed by atoms with Gasteiger partial charge in [-0.15, -0.1) is 0 Å². The summed E-state index contributed by atoms with van der Waals surface area (Å²) in [5.41, 5.74) is 1.68. The molecule has 2 aromatic carbocycles. The number of nitro benzene ring substituents is 1. The number of nitrogens with zero attached hydrogens (tertiary/aromatic N) is 1. The first-order valence-corrected chi connectivity index (χ1v) is 8.65. The van der Waals surface area contributed by atoms with E-state index in [1.54, 1.807) is 0 Å². The van der Waals surface area contributed by atoms with E-state index in [9.17, 15) is 18.5 Å². The van der Waals surface area contributed by atoms with Gasteiger partial charge in [-0.2, -0.15) is 0 Å². The van der Waals surface area contributed by atoms with Crippen LogP contribution in [0, 0.1) is 17.0 Å². The fourth-order valence-corrected chi connectivity index (χ4v) is 3.33. The van der Waals surface area contributed by atoms with Gasteiger partial charge in [-0.3, -0.25) is 10.1 Å². The summed E-state index contributed by atoms with van der Waals surface area (Å²) in [5, 5.41) is 10.7. The first-order valence-electron chi connectivity index (χ1n) is 6.79. The van der Waals surface area contributed by atoms with Gasteiger partial charge in [0.2, 0.25) is 10.0 Å². The van der Waals surface area contributed by atoms with Crippen LogP contribution in [0.2, 0.25) is 5.02 Å². The van der Waals surface area contributed by atoms with E-state index in [-0.39, 0.29) is 16.5 Å². The van der Waals surface area contributed by atoms with Crippen LogP contribution < -0.4 is 4.72 Å². The van der Waals surface area contributed by atoms with Gasteiger partial charge >= 0.3 is 0 Å². The zero-order valence-corrected chi connectivity index (χ0v) is 13.9. The van der Waals surface area contributed by atoms with Gasteiger partial charge in [0, 0.05) is 12.6 Å². The van der Waals surface area contributed by atoms with E-state index in [1.165, 1.54) is 12.1 Å². The molecule has 0 aromatic heterocycles. The maximum absolute atomic E-state index is 12.2. The van der Waals surface area contributed by atoms with Crippen LogP contribution in [0.15, 0.2) is 47.4 Å². The molecule has 2 aromatic rings. The molecular weight excluding hydrogens is 340 g/mol. The number of benzene rings is 2. The summed E-state index contributed by atoms with van der Waals surface area (Å²) in [4.78, 5) is 9.95. The Hall–Kier alpha value is -1.96. The lowest BCUT2D eigenvalue weighted by Gasteiger charge is -2.08. The Balaban J connectivity index is 2.12. The fourth-order valence-electron chi connectivity index (χ4n) is 2.09. The topological polar surface area (TPSA) is 89.3 Å². The van der Waals surface area contributed by atoms with Crippen molar-refractivity contribution in [2.75, 3.05) is 6.54 Å². The largest absolute Gasteiger partial charge is 0.289 e. The monoisotopic (exact) mass is 354 g/mol. The van der Waals surface area contributed by atoms with Crippen LogP contribution >= 0.6 is 11.6 Å². The highest BCUT2D eigenvalue weighted by molar-refractivity contribution is 7.89. The Morgan fingerprint density at radius 3 is 2.57 bits per heavy atom. The number of nitrogens with one attached hydrogen (secondary N) is 1. The first-order chi connectivity index (χ1) is 10.8. The van der Waals surface area contributed by atoms with Crippen LogP contribution in [-0.4, -0.2) is 19.9 Å². The summed E-state index contributed by atoms with van der Waals surface area (Å²) in [7, 11) is -3.83. The number of hydrogen-bond acceptors (Lipinski definition) is 4. The Labute approximate surface area is 139 Å². The highest BCUT2D eigenvalue weighted by Crippen LogP contribution is 2.26. The number of nitro groups is 1. The van der Waals surface area contributed by atoms with E-state index in [2.05, 4.69) is 4.72 Å². The number of sulfonamides is 1. The molecule has 6 nitrogen and oxygen atoms in total. The van der Waals surface area contributed by atoms with E-state index in [4.69, 9.17) is 11.6 Å². The molecule has 0 aliphatic rings. The lowest BCUT2D eigenvalue weighted by atomic mass is 10.1. The van der Waals surface area contributed by atoms with E-state index in [0.29, 0.717) is 6.42 Å². The van der Waals surface area contributed by atoms with Gasteiger partial charge in [0.1, 0.15) is 5.02 Å². The van der Waals surface area contributed by atoms with Crippen LogP contribution in [0.4, 0.5) is 5.69 Å². The van der Waals surface area contributed by atoms with Crippen LogP contribution in [0.5, 0.6) is 0 Å². The fraction of sp³-hybridized carbons (Fsp3) is 0.200. The van der Waals surface area contributed by atoms with Gasteiger partial charge in [0.25, 0.3) is 5.69 Å². The summed E-state index contributed by atoms with van der Waals surface area (Å²) in [6, 6.07) is 11.1. The van der Waals surface area contributed by atoms with E-state index >= 15 is 0 Å². The Bertz CT molecular complexity index is 837. The molecular formula is C15H15ClN2O4S. The zero-order valence-electron chi connectivity index (χ0n) is 12.3. The molecule has 0 saturated heterocycles. The molecule has 8 heteroatoms. The van der Waals surface area contributed by atoms with Gasteiger partial charge in [-0.1, -0.05) is 35.9 Å². The predicted molar refractivity (Wildman–Crippen MR) is 88.2 cm³/mol. The van der Waals surface area contributed by atoms with Crippen LogP contribution in [-0.2, 0) is 16.4 Å². The zero-order chi connectivity index (χ0) is 17.0. The van der Waals surface area contributed by atoms with Gasteiger partial charge < -0.3 is 0 Å². The highest BCUT2D eigenvalue weighted by atomic mass is 35.5. The number of aryl methyl sites for hydroxylation is 1. The summed E-state index contributed by atoms with van der Waals surface area (Å²) >= 11 is 5.69. The maximum Gasteiger partial charge on any atom is 0.289 e. The van der Waals surface area contributed by atoms with Gasteiger partial charge in [0.05, 0.1) is 9.82 Å². The third kappa shape index (κ3) is 4.28. The molecule has 23 heavy (non-hydrogen) atoms. The molecule has 0 radical (unpaired) electrons. The SMILES string of the molecule is Cc1ccccc1CCNS(=O)(=O)c1ccc(Cl)c([N+](=O)[O-])c1. The average Bonchev–Trinajstić information content (AvgIpc) is 2.49. The Kier molecular flexibility index (Phi) is 5.35. The summed E-state index contributed by atoms with van der Waals surface area (Å²) in [5.74, 6) is 0. The highest BCUT2D eigenvalue weighted by Gasteiger charge is 2.20. The van der Waals surface area contributed by atoms with Crippen molar-refractivity contribution in [2.24, 2.45) is 0 Å². The van der Waals surface area contributed by atoms with Crippen LogP contribution in [0.25, 0.3) is 0 Å². The molecule has 0 unspecified atom stereocenters. The number of halogens is 1. The lowest BCUT2D eigenvalue weighted by molar-refractivity contribution is -0.384. The lowest BCUT2D eigenvalue weighted by Crippen LogP contribution is -2.26. The van der Waals surface area contributed by atoms with Crippen molar-refractivity contribution >= 4 is 27.3 Å². The summed E-state index contributed by atoms with van der Waals surface area (Å²) in [6.45, 7) is 2.15. The van der Waals surface area contributed by atoms with Crippen LogP contribution in [0.1, 0.15) is 11.1 Å². The van der Waals surface area contributed by atoms with Crippen LogP contribution in [0.3, 0.4) is 0 Å². The van der Waals surface area contributed by atoms with Crippen molar-refractivity contribution in [1.29, 1.82) is 0 Å². The normalized spacial score (nSPS) is 11.4. The second-order valence-corrected chi connectivity index (χ2v) is 7.12. The molecule has 0 aliphatic carbocycles. The van der Waals surface area contributed by atoms with Gasteiger partial charge in [0.15, 0.2) is 0 Å². The van der Waals surface area contributed by atoms with Crippen molar-refractivity contribution in [3.8, 4) is 0 Å². The second-order valence-electron chi connectivity index (χ2n) is 4.94. The number of rotatable bonds is 6. The maximum atomic E-state index is 12.2. The molecule has 0 bridgehead atoms. The predicted octanol–water partition coefficient (Wildman–Crippen LogP) is 3.08. The quantitative estimate of drug-likeness (QED) is 0.637. The molecule has 0 amide bonds. The first kappa shape index (κ1) is 17.4. The Morgan fingerprint density at radius 2 is 1.91 bits per heavy atom. The van der Waals surface area contributed by atoms with E-state index < -0.39 is 20.6 Å². The minimum atomic E-state index is -3.83.